The van der Waals surface area contributed by atoms with E-state index in [1.54, 1.807) is 31.5 Å². The second kappa shape index (κ2) is 7.06. The van der Waals surface area contributed by atoms with E-state index in [4.69, 9.17) is 14.6 Å². The highest BCUT2D eigenvalue weighted by Crippen LogP contribution is 2.32. The molecule has 2 rings (SSSR count). The summed E-state index contributed by atoms with van der Waals surface area (Å²) >= 11 is 0. The molecule has 1 heterocycles. The maximum atomic E-state index is 9.15. The van der Waals surface area contributed by atoms with Gasteiger partial charge in [0, 0.05) is 18.3 Å². The molecule has 0 radical (unpaired) electrons. The summed E-state index contributed by atoms with van der Waals surface area (Å²) in [6.07, 6.45) is 1.72. The third-order valence-electron chi connectivity index (χ3n) is 3.32. The number of methoxy groups -OCH3 is 1. The molecule has 21 heavy (non-hydrogen) atoms. The predicted octanol–water partition coefficient (Wildman–Crippen LogP) is 2.66. The van der Waals surface area contributed by atoms with Gasteiger partial charge in [-0.3, -0.25) is 0 Å². The van der Waals surface area contributed by atoms with Crippen LogP contribution in [0.3, 0.4) is 0 Å². The Labute approximate surface area is 124 Å². The number of hydrogen-bond acceptors (Lipinski definition) is 5. The smallest absolute Gasteiger partial charge is 0.219 e. The van der Waals surface area contributed by atoms with Crippen molar-refractivity contribution >= 4 is 0 Å². The van der Waals surface area contributed by atoms with E-state index in [0.717, 1.165) is 11.1 Å². The standard InChI is InChI=1S/C16H20N2O3/c1-11(17-2)13-6-7-18-16(9-13)21-14-5-4-12(10-19)8-15(14)20-3/h4-9,11,17,19H,10H2,1-3H3. The third kappa shape index (κ3) is 3.71. The highest BCUT2D eigenvalue weighted by molar-refractivity contribution is 5.44. The number of rotatable bonds is 6. The van der Waals surface area contributed by atoms with Crippen LogP contribution in [0.4, 0.5) is 0 Å². The first kappa shape index (κ1) is 15.3. The molecule has 0 amide bonds. The number of ether oxygens (including phenoxy) is 2. The molecule has 0 saturated carbocycles. The minimum Gasteiger partial charge on any atom is -0.493 e. The van der Waals surface area contributed by atoms with Crippen molar-refractivity contribution in [3.63, 3.8) is 0 Å². The molecule has 0 aliphatic carbocycles. The zero-order valence-corrected chi connectivity index (χ0v) is 12.5. The van der Waals surface area contributed by atoms with Gasteiger partial charge in [-0.25, -0.2) is 4.98 Å². The fourth-order valence-electron chi connectivity index (χ4n) is 1.92. The Bertz CT molecular complexity index is 602. The highest BCUT2D eigenvalue weighted by Gasteiger charge is 2.09. The summed E-state index contributed by atoms with van der Waals surface area (Å²) in [7, 11) is 3.47. The fourth-order valence-corrected chi connectivity index (χ4v) is 1.92. The van der Waals surface area contributed by atoms with Crippen LogP contribution in [0, 0.1) is 0 Å². The van der Waals surface area contributed by atoms with Gasteiger partial charge in [-0.2, -0.15) is 0 Å². The van der Waals surface area contributed by atoms with E-state index in [2.05, 4.69) is 17.2 Å². The van der Waals surface area contributed by atoms with Crippen LogP contribution in [-0.4, -0.2) is 24.2 Å². The molecule has 1 aromatic carbocycles. The molecule has 1 unspecified atom stereocenters. The average molecular weight is 288 g/mol. The van der Waals surface area contributed by atoms with Crippen LogP contribution < -0.4 is 14.8 Å². The Morgan fingerprint density at radius 2 is 2.05 bits per heavy atom. The lowest BCUT2D eigenvalue weighted by Crippen LogP contribution is -2.12. The maximum Gasteiger partial charge on any atom is 0.219 e. The molecular formula is C16H20N2O3. The zero-order chi connectivity index (χ0) is 15.2. The molecule has 0 bridgehead atoms. The summed E-state index contributed by atoms with van der Waals surface area (Å²) in [5, 5.41) is 12.3. The molecule has 1 atom stereocenters. The maximum absolute atomic E-state index is 9.15. The van der Waals surface area contributed by atoms with Crippen molar-refractivity contribution in [2.45, 2.75) is 19.6 Å². The second-order valence-electron chi connectivity index (χ2n) is 4.68. The van der Waals surface area contributed by atoms with Gasteiger partial charge < -0.3 is 19.9 Å². The van der Waals surface area contributed by atoms with Crippen molar-refractivity contribution in [3.05, 3.63) is 47.7 Å². The first-order chi connectivity index (χ1) is 10.2. The summed E-state index contributed by atoms with van der Waals surface area (Å²) in [6.45, 7) is 2.03. The summed E-state index contributed by atoms with van der Waals surface area (Å²) in [5.74, 6) is 1.64. The molecule has 1 aromatic heterocycles. The van der Waals surface area contributed by atoms with Crippen molar-refractivity contribution in [3.8, 4) is 17.4 Å². The van der Waals surface area contributed by atoms with Crippen LogP contribution in [0.5, 0.6) is 17.4 Å². The summed E-state index contributed by atoms with van der Waals surface area (Å²) in [4.78, 5) is 4.21. The number of aromatic nitrogens is 1. The molecule has 0 saturated heterocycles. The molecule has 5 nitrogen and oxygen atoms in total. The topological polar surface area (TPSA) is 63.6 Å². The quantitative estimate of drug-likeness (QED) is 0.855. The predicted molar refractivity (Wildman–Crippen MR) is 80.7 cm³/mol. The lowest BCUT2D eigenvalue weighted by Gasteiger charge is -2.13. The largest absolute Gasteiger partial charge is 0.493 e. The fraction of sp³-hybridized carbons (Fsp3) is 0.312. The monoisotopic (exact) mass is 288 g/mol. The van der Waals surface area contributed by atoms with E-state index in [0.29, 0.717) is 17.4 Å². The van der Waals surface area contributed by atoms with Gasteiger partial charge in [0.1, 0.15) is 0 Å². The number of aliphatic hydroxyl groups excluding tert-OH is 1. The van der Waals surface area contributed by atoms with E-state index in [1.807, 2.05) is 19.2 Å². The van der Waals surface area contributed by atoms with E-state index in [9.17, 15) is 0 Å². The molecule has 2 N–H and O–H groups in total. The Kier molecular flexibility index (Phi) is 5.14. The number of aliphatic hydroxyl groups is 1. The minimum absolute atomic E-state index is 0.0376. The molecule has 112 valence electrons. The van der Waals surface area contributed by atoms with E-state index < -0.39 is 0 Å². The highest BCUT2D eigenvalue weighted by atomic mass is 16.5. The lowest BCUT2D eigenvalue weighted by molar-refractivity contribution is 0.280. The van der Waals surface area contributed by atoms with Crippen molar-refractivity contribution < 1.29 is 14.6 Å². The van der Waals surface area contributed by atoms with E-state index >= 15 is 0 Å². The Hall–Kier alpha value is -2.11. The van der Waals surface area contributed by atoms with Crippen LogP contribution in [0.15, 0.2) is 36.5 Å². The number of nitrogens with zero attached hydrogens (tertiary/aromatic N) is 1. The summed E-state index contributed by atoms with van der Waals surface area (Å²) < 4.78 is 11.1. The molecule has 5 heteroatoms. The van der Waals surface area contributed by atoms with Crippen molar-refractivity contribution in [1.82, 2.24) is 10.3 Å². The molecular weight excluding hydrogens is 268 g/mol. The van der Waals surface area contributed by atoms with Gasteiger partial charge in [0.05, 0.1) is 13.7 Å². The van der Waals surface area contributed by atoms with Crippen molar-refractivity contribution in [1.29, 1.82) is 0 Å². The first-order valence-electron chi connectivity index (χ1n) is 6.76. The van der Waals surface area contributed by atoms with E-state index in [-0.39, 0.29) is 12.6 Å². The number of pyridine rings is 1. The van der Waals surface area contributed by atoms with Gasteiger partial charge in [0.2, 0.25) is 5.88 Å². The average Bonchev–Trinajstić information content (AvgIpc) is 2.54. The molecule has 2 aromatic rings. The van der Waals surface area contributed by atoms with Gasteiger partial charge in [0.15, 0.2) is 11.5 Å². The number of nitrogens with one attached hydrogen (secondary N) is 1. The number of hydrogen-bond donors (Lipinski definition) is 2. The normalized spacial score (nSPS) is 12.0. The SMILES string of the molecule is CNC(C)c1ccnc(Oc2ccc(CO)cc2OC)c1. The summed E-state index contributed by atoms with van der Waals surface area (Å²) in [5.41, 5.74) is 1.86. The Morgan fingerprint density at radius 3 is 2.71 bits per heavy atom. The summed E-state index contributed by atoms with van der Waals surface area (Å²) in [6, 6.07) is 9.35. The van der Waals surface area contributed by atoms with Crippen LogP contribution in [0.1, 0.15) is 24.1 Å². The van der Waals surface area contributed by atoms with Gasteiger partial charge in [-0.15, -0.1) is 0 Å². The van der Waals surface area contributed by atoms with Gasteiger partial charge in [-0.1, -0.05) is 6.07 Å². The van der Waals surface area contributed by atoms with E-state index in [1.165, 1.54) is 0 Å². The van der Waals surface area contributed by atoms with Gasteiger partial charge in [0.25, 0.3) is 0 Å². The first-order valence-corrected chi connectivity index (χ1v) is 6.76. The van der Waals surface area contributed by atoms with Crippen LogP contribution in [-0.2, 0) is 6.61 Å². The van der Waals surface area contributed by atoms with Crippen molar-refractivity contribution in [2.24, 2.45) is 0 Å². The van der Waals surface area contributed by atoms with Crippen molar-refractivity contribution in [2.75, 3.05) is 14.2 Å². The Morgan fingerprint density at radius 1 is 1.24 bits per heavy atom. The van der Waals surface area contributed by atoms with Crippen LogP contribution in [0.2, 0.25) is 0 Å². The Balaban J connectivity index is 2.25. The molecule has 0 fully saturated rings. The molecule has 0 aliphatic heterocycles. The number of benzene rings is 1. The second-order valence-corrected chi connectivity index (χ2v) is 4.68. The minimum atomic E-state index is -0.0376. The zero-order valence-electron chi connectivity index (χ0n) is 12.5. The van der Waals surface area contributed by atoms with Crippen LogP contribution in [0.25, 0.3) is 0 Å². The van der Waals surface area contributed by atoms with Crippen LogP contribution >= 0.6 is 0 Å². The molecule has 0 aliphatic rings. The molecule has 0 spiro atoms. The van der Waals surface area contributed by atoms with Gasteiger partial charge >= 0.3 is 0 Å². The lowest BCUT2D eigenvalue weighted by atomic mass is 10.1. The third-order valence-corrected chi connectivity index (χ3v) is 3.32. The van der Waals surface area contributed by atoms with Gasteiger partial charge in [-0.05, 0) is 43.3 Å².